The molecule has 0 radical (unpaired) electrons. The van der Waals surface area contributed by atoms with E-state index in [1.54, 1.807) is 6.20 Å². The monoisotopic (exact) mass is 196 g/mol. The minimum atomic E-state index is -0.0620. The van der Waals surface area contributed by atoms with E-state index >= 15 is 0 Å². The minimum Gasteiger partial charge on any atom is -0.331 e. The lowest BCUT2D eigenvalue weighted by Crippen LogP contribution is -2.29. The van der Waals surface area contributed by atoms with Crippen LogP contribution < -0.4 is 16.6 Å². The molecule has 0 saturated heterocycles. The number of hydrogen-bond donors (Lipinski definition) is 3. The summed E-state index contributed by atoms with van der Waals surface area (Å²) < 4.78 is 0. The first kappa shape index (κ1) is 12.9. The number of rotatable bonds is 7. The highest BCUT2D eigenvalue weighted by molar-refractivity contribution is 5.04. The third-order valence-corrected chi connectivity index (χ3v) is 2.00. The molecule has 0 aromatic heterocycles. The Morgan fingerprint density at radius 3 is 2.71 bits per heavy atom. The summed E-state index contributed by atoms with van der Waals surface area (Å²) in [5.74, 6) is 5.21. The average molecular weight is 196 g/mol. The van der Waals surface area contributed by atoms with Crippen LogP contribution in [0.1, 0.15) is 33.1 Å². The van der Waals surface area contributed by atoms with Crippen LogP contribution in [0.4, 0.5) is 0 Å². The van der Waals surface area contributed by atoms with Crippen LogP contribution in [0.2, 0.25) is 0 Å². The van der Waals surface area contributed by atoms with Crippen LogP contribution in [0, 0.1) is 11.3 Å². The van der Waals surface area contributed by atoms with Gasteiger partial charge in [-0.15, -0.1) is 0 Å². The molecule has 1 atom stereocenters. The molecule has 1 unspecified atom stereocenters. The molecule has 0 aromatic carbocycles. The van der Waals surface area contributed by atoms with Crippen LogP contribution in [-0.4, -0.2) is 12.6 Å². The number of nitrogens with zero attached hydrogens (tertiary/aromatic N) is 1. The number of hydrazine groups is 1. The molecule has 0 amide bonds. The van der Waals surface area contributed by atoms with E-state index in [0.717, 1.165) is 25.8 Å². The Balaban J connectivity index is 3.93. The lowest BCUT2D eigenvalue weighted by Gasteiger charge is -2.11. The molecule has 0 aliphatic heterocycles. The highest BCUT2D eigenvalue weighted by Crippen LogP contribution is 2.02. The van der Waals surface area contributed by atoms with Gasteiger partial charge in [0.2, 0.25) is 0 Å². The summed E-state index contributed by atoms with van der Waals surface area (Å²) in [6.45, 7) is 4.83. The fraction of sp³-hybridized carbons (Fsp3) is 0.700. The van der Waals surface area contributed by atoms with Crippen molar-refractivity contribution in [3.8, 4) is 6.07 Å². The standard InChI is InChI=1S/C10H20N4/c1-3-5-9(8-14-12)7-13-10(4-2)6-11/h8,10,13-14H,3-5,7,12H2,1-2H3/b9-8+. The second-order valence-corrected chi connectivity index (χ2v) is 3.19. The first-order chi connectivity index (χ1) is 6.78. The van der Waals surface area contributed by atoms with Crippen LogP contribution in [0.15, 0.2) is 11.8 Å². The van der Waals surface area contributed by atoms with E-state index < -0.39 is 0 Å². The van der Waals surface area contributed by atoms with Gasteiger partial charge < -0.3 is 5.43 Å². The van der Waals surface area contributed by atoms with Crippen molar-refractivity contribution in [3.63, 3.8) is 0 Å². The molecule has 0 aliphatic rings. The largest absolute Gasteiger partial charge is 0.331 e. The van der Waals surface area contributed by atoms with Crippen molar-refractivity contribution < 1.29 is 0 Å². The average Bonchev–Trinajstić information content (AvgIpc) is 2.20. The van der Waals surface area contributed by atoms with Crippen molar-refractivity contribution in [1.29, 1.82) is 5.26 Å². The Kier molecular flexibility index (Phi) is 7.90. The number of nitriles is 1. The zero-order valence-corrected chi connectivity index (χ0v) is 9.01. The molecule has 0 rings (SSSR count). The zero-order valence-electron chi connectivity index (χ0n) is 9.01. The number of nitrogens with one attached hydrogen (secondary N) is 2. The van der Waals surface area contributed by atoms with Gasteiger partial charge in [0.15, 0.2) is 0 Å². The lowest BCUT2D eigenvalue weighted by atomic mass is 10.1. The van der Waals surface area contributed by atoms with Gasteiger partial charge in [0.1, 0.15) is 0 Å². The highest BCUT2D eigenvalue weighted by atomic mass is 15.2. The smallest absolute Gasteiger partial charge is 0.0952 e. The van der Waals surface area contributed by atoms with Crippen molar-refractivity contribution in [1.82, 2.24) is 10.7 Å². The molecule has 4 N–H and O–H groups in total. The maximum Gasteiger partial charge on any atom is 0.0952 e. The highest BCUT2D eigenvalue weighted by Gasteiger charge is 2.03. The van der Waals surface area contributed by atoms with Crippen molar-refractivity contribution in [2.24, 2.45) is 5.84 Å². The molecule has 0 spiro atoms. The summed E-state index contributed by atoms with van der Waals surface area (Å²) in [5.41, 5.74) is 3.73. The van der Waals surface area contributed by atoms with Crippen molar-refractivity contribution in [2.45, 2.75) is 39.2 Å². The summed E-state index contributed by atoms with van der Waals surface area (Å²) in [7, 11) is 0. The van der Waals surface area contributed by atoms with Crippen LogP contribution in [-0.2, 0) is 0 Å². The van der Waals surface area contributed by atoms with Gasteiger partial charge in [0, 0.05) is 12.7 Å². The van der Waals surface area contributed by atoms with Crippen molar-refractivity contribution >= 4 is 0 Å². The van der Waals surface area contributed by atoms with E-state index in [-0.39, 0.29) is 6.04 Å². The summed E-state index contributed by atoms with van der Waals surface area (Å²) in [6, 6.07) is 2.14. The van der Waals surface area contributed by atoms with Gasteiger partial charge in [0.05, 0.1) is 12.1 Å². The van der Waals surface area contributed by atoms with Gasteiger partial charge in [-0.1, -0.05) is 20.3 Å². The van der Waals surface area contributed by atoms with E-state index in [2.05, 4.69) is 23.7 Å². The predicted octanol–water partition coefficient (Wildman–Crippen LogP) is 1.03. The normalized spacial score (nSPS) is 13.4. The van der Waals surface area contributed by atoms with E-state index in [4.69, 9.17) is 11.1 Å². The first-order valence-corrected chi connectivity index (χ1v) is 5.05. The Bertz CT molecular complexity index is 205. The van der Waals surface area contributed by atoms with Gasteiger partial charge in [-0.3, -0.25) is 11.2 Å². The molecule has 4 nitrogen and oxygen atoms in total. The predicted molar refractivity (Wildman–Crippen MR) is 58.0 cm³/mol. The van der Waals surface area contributed by atoms with E-state index in [0.29, 0.717) is 0 Å². The fourth-order valence-corrected chi connectivity index (χ4v) is 1.19. The fourth-order valence-electron chi connectivity index (χ4n) is 1.19. The molecule has 0 fully saturated rings. The minimum absolute atomic E-state index is 0.0620. The number of hydrogen-bond acceptors (Lipinski definition) is 4. The van der Waals surface area contributed by atoms with Gasteiger partial charge in [-0.2, -0.15) is 5.26 Å². The third kappa shape index (κ3) is 5.57. The molecular formula is C10H20N4. The van der Waals surface area contributed by atoms with Crippen LogP contribution >= 0.6 is 0 Å². The summed E-state index contributed by atoms with van der Waals surface area (Å²) in [6.07, 6.45) is 4.70. The lowest BCUT2D eigenvalue weighted by molar-refractivity contribution is 0.605. The van der Waals surface area contributed by atoms with E-state index in [9.17, 15) is 0 Å². The van der Waals surface area contributed by atoms with Gasteiger partial charge >= 0.3 is 0 Å². The maximum atomic E-state index is 8.73. The van der Waals surface area contributed by atoms with Crippen LogP contribution in [0.25, 0.3) is 0 Å². The zero-order chi connectivity index (χ0) is 10.8. The Morgan fingerprint density at radius 2 is 2.29 bits per heavy atom. The van der Waals surface area contributed by atoms with Gasteiger partial charge in [-0.05, 0) is 18.4 Å². The Hall–Kier alpha value is -1.05. The molecule has 0 aromatic rings. The SMILES string of the molecule is CCC/C(=C\NN)CNC(C#N)CC. The molecular weight excluding hydrogens is 176 g/mol. The van der Waals surface area contributed by atoms with Gasteiger partial charge in [-0.25, -0.2) is 0 Å². The summed E-state index contributed by atoms with van der Waals surface area (Å²) in [4.78, 5) is 0. The molecule has 80 valence electrons. The molecule has 0 bridgehead atoms. The second-order valence-electron chi connectivity index (χ2n) is 3.19. The molecule has 0 heterocycles. The maximum absolute atomic E-state index is 8.73. The van der Waals surface area contributed by atoms with Crippen LogP contribution in [0.3, 0.4) is 0 Å². The Morgan fingerprint density at radius 1 is 1.57 bits per heavy atom. The summed E-state index contributed by atoms with van der Waals surface area (Å²) in [5, 5.41) is 11.9. The summed E-state index contributed by atoms with van der Waals surface area (Å²) >= 11 is 0. The topological polar surface area (TPSA) is 73.9 Å². The quantitative estimate of drug-likeness (QED) is 0.420. The van der Waals surface area contributed by atoms with Crippen LogP contribution in [0.5, 0.6) is 0 Å². The van der Waals surface area contributed by atoms with E-state index in [1.165, 1.54) is 5.57 Å². The second kappa shape index (κ2) is 8.54. The molecule has 0 aliphatic carbocycles. The first-order valence-electron chi connectivity index (χ1n) is 5.05. The van der Waals surface area contributed by atoms with Gasteiger partial charge in [0.25, 0.3) is 0 Å². The van der Waals surface area contributed by atoms with Crippen molar-refractivity contribution in [2.75, 3.05) is 6.54 Å². The molecule has 0 saturated carbocycles. The Labute approximate surface area is 86.1 Å². The molecule has 14 heavy (non-hydrogen) atoms. The molecule has 4 heteroatoms. The third-order valence-electron chi connectivity index (χ3n) is 2.00. The van der Waals surface area contributed by atoms with E-state index in [1.807, 2.05) is 6.92 Å². The van der Waals surface area contributed by atoms with Crippen molar-refractivity contribution in [3.05, 3.63) is 11.8 Å². The number of nitrogens with two attached hydrogens (primary N) is 1.